The molecule has 0 atom stereocenters. The summed E-state index contributed by atoms with van der Waals surface area (Å²) in [6.07, 6.45) is 1.27. The first-order valence-corrected chi connectivity index (χ1v) is 11.1. The van der Waals surface area contributed by atoms with E-state index in [1.54, 1.807) is 19.1 Å². The molecule has 0 radical (unpaired) electrons. The van der Waals surface area contributed by atoms with Crippen LogP contribution in [0.2, 0.25) is 10.0 Å². The maximum Gasteiger partial charge on any atom is 0.337 e. The van der Waals surface area contributed by atoms with Crippen molar-refractivity contribution in [1.82, 2.24) is 4.98 Å². The zero-order chi connectivity index (χ0) is 22.8. The fraction of sp³-hybridized carbons (Fsp3) is 0.143. The zero-order valence-electron chi connectivity index (χ0n) is 16.5. The highest BCUT2D eigenvalue weighted by Crippen LogP contribution is 2.32. The predicted octanol–water partition coefficient (Wildman–Crippen LogP) is 5.02. The first-order chi connectivity index (χ1) is 14.6. The van der Waals surface area contributed by atoms with Gasteiger partial charge in [-0.15, -0.1) is 0 Å². The van der Waals surface area contributed by atoms with Gasteiger partial charge in [-0.3, -0.25) is 0 Å². The molecule has 2 aromatic carbocycles. The normalized spacial score (nSPS) is 11.3. The number of rotatable bonds is 6. The van der Waals surface area contributed by atoms with Crippen LogP contribution in [-0.4, -0.2) is 26.5 Å². The smallest absolute Gasteiger partial charge is 0.337 e. The lowest BCUT2D eigenvalue weighted by atomic mass is 10.1. The van der Waals surface area contributed by atoms with Gasteiger partial charge in [-0.05, 0) is 54.4 Å². The van der Waals surface area contributed by atoms with Crippen LogP contribution in [0.3, 0.4) is 0 Å². The van der Waals surface area contributed by atoms with Crippen molar-refractivity contribution in [3.8, 4) is 0 Å². The number of pyridine rings is 1. The van der Waals surface area contributed by atoms with Crippen molar-refractivity contribution in [1.29, 1.82) is 0 Å². The third kappa shape index (κ3) is 4.98. The minimum atomic E-state index is -4.19. The predicted molar refractivity (Wildman–Crippen MR) is 117 cm³/mol. The number of aromatic nitrogens is 1. The summed E-state index contributed by atoms with van der Waals surface area (Å²) in [5.41, 5.74) is 1.01. The van der Waals surface area contributed by atoms with Gasteiger partial charge in [0.15, 0.2) is 5.82 Å². The number of sulfonamides is 1. The molecule has 162 valence electrons. The summed E-state index contributed by atoms with van der Waals surface area (Å²) < 4.78 is 46.6. The van der Waals surface area contributed by atoms with Gasteiger partial charge in [0, 0.05) is 6.20 Å². The number of aryl methyl sites for hydroxylation is 1. The third-order valence-corrected chi connectivity index (χ3v) is 6.69. The van der Waals surface area contributed by atoms with Gasteiger partial charge in [0.2, 0.25) is 0 Å². The second-order valence-corrected chi connectivity index (χ2v) is 9.28. The molecular formula is C21H17Cl2FN2O4S. The SMILES string of the molecule is COC(=O)c1ccc(S(=O)(=O)N(Cc2ccc(C)c(F)c2)c2ncc(Cl)cc2Cl)cc1. The van der Waals surface area contributed by atoms with Crippen molar-refractivity contribution in [3.05, 3.63) is 87.3 Å². The standard InChI is InChI=1S/C21H17Cl2FN2O4S/c1-13-3-4-14(9-19(13)24)12-26(20-18(23)10-16(22)11-25-20)31(28,29)17-7-5-15(6-8-17)21(27)30-2/h3-11H,12H2,1-2H3. The number of ether oxygens (including phenoxy) is 1. The summed E-state index contributed by atoms with van der Waals surface area (Å²) in [7, 11) is -2.97. The summed E-state index contributed by atoms with van der Waals surface area (Å²) in [5.74, 6) is -1.13. The van der Waals surface area contributed by atoms with Crippen molar-refractivity contribution < 1.29 is 22.3 Å². The van der Waals surface area contributed by atoms with Gasteiger partial charge in [0.1, 0.15) is 5.82 Å². The maximum atomic E-state index is 14.1. The van der Waals surface area contributed by atoms with Gasteiger partial charge < -0.3 is 4.74 Å². The quantitative estimate of drug-likeness (QED) is 0.461. The van der Waals surface area contributed by atoms with Crippen LogP contribution in [-0.2, 0) is 21.3 Å². The van der Waals surface area contributed by atoms with E-state index in [0.29, 0.717) is 11.1 Å². The van der Waals surface area contributed by atoms with Crippen LogP contribution >= 0.6 is 23.2 Å². The largest absolute Gasteiger partial charge is 0.465 e. The Hall–Kier alpha value is -2.68. The van der Waals surface area contributed by atoms with E-state index >= 15 is 0 Å². The Kier molecular flexibility index (Phi) is 6.83. The topological polar surface area (TPSA) is 76.6 Å². The average molecular weight is 483 g/mol. The summed E-state index contributed by atoms with van der Waals surface area (Å²) in [6, 6.07) is 11.0. The highest BCUT2D eigenvalue weighted by Gasteiger charge is 2.28. The Morgan fingerprint density at radius 2 is 1.81 bits per heavy atom. The van der Waals surface area contributed by atoms with Crippen LogP contribution in [0.5, 0.6) is 0 Å². The highest BCUT2D eigenvalue weighted by molar-refractivity contribution is 7.92. The summed E-state index contributed by atoms with van der Waals surface area (Å²) in [6.45, 7) is 1.38. The van der Waals surface area contributed by atoms with Gasteiger partial charge in [-0.25, -0.2) is 26.9 Å². The number of nitrogens with zero attached hydrogens (tertiary/aromatic N) is 2. The fourth-order valence-corrected chi connectivity index (χ4v) is 4.73. The molecule has 3 aromatic rings. The molecule has 0 saturated carbocycles. The Labute approximate surface area is 189 Å². The molecule has 0 unspecified atom stereocenters. The first-order valence-electron chi connectivity index (χ1n) is 8.90. The molecule has 0 spiro atoms. The third-order valence-electron chi connectivity index (χ3n) is 4.45. The molecule has 0 amide bonds. The Morgan fingerprint density at radius 1 is 1.13 bits per heavy atom. The highest BCUT2D eigenvalue weighted by atomic mass is 35.5. The number of anilines is 1. The molecule has 0 bridgehead atoms. The van der Waals surface area contributed by atoms with E-state index in [2.05, 4.69) is 9.72 Å². The number of esters is 1. The van der Waals surface area contributed by atoms with Gasteiger partial charge >= 0.3 is 5.97 Å². The van der Waals surface area contributed by atoms with Crippen molar-refractivity contribution >= 4 is 45.0 Å². The molecule has 6 nitrogen and oxygen atoms in total. The van der Waals surface area contributed by atoms with E-state index < -0.39 is 21.8 Å². The molecule has 0 aliphatic heterocycles. The van der Waals surface area contributed by atoms with Gasteiger partial charge in [0.25, 0.3) is 10.0 Å². The minimum Gasteiger partial charge on any atom is -0.465 e. The molecule has 0 aliphatic rings. The van der Waals surface area contributed by atoms with Crippen LogP contribution < -0.4 is 4.31 Å². The number of carbonyl (C=O) groups is 1. The van der Waals surface area contributed by atoms with Crippen LogP contribution in [0.4, 0.5) is 10.2 Å². The second-order valence-electron chi connectivity index (χ2n) is 6.57. The lowest BCUT2D eigenvalue weighted by Gasteiger charge is -2.24. The van der Waals surface area contributed by atoms with E-state index in [9.17, 15) is 17.6 Å². The fourth-order valence-electron chi connectivity index (χ4n) is 2.77. The van der Waals surface area contributed by atoms with Crippen LogP contribution in [0.25, 0.3) is 0 Å². The zero-order valence-corrected chi connectivity index (χ0v) is 18.8. The molecule has 1 aromatic heterocycles. The number of carbonyl (C=O) groups excluding carboxylic acids is 1. The van der Waals surface area contributed by atoms with Gasteiger partial charge in [0.05, 0.1) is 34.2 Å². The molecule has 3 rings (SSSR count). The Balaban J connectivity index is 2.09. The Morgan fingerprint density at radius 3 is 2.39 bits per heavy atom. The van der Waals surface area contributed by atoms with Crippen LogP contribution in [0.15, 0.2) is 59.6 Å². The molecule has 0 aliphatic carbocycles. The number of hydrogen-bond donors (Lipinski definition) is 0. The Bertz CT molecular complexity index is 1230. The summed E-state index contributed by atoms with van der Waals surface area (Å²) in [4.78, 5) is 15.6. The number of methoxy groups -OCH3 is 1. The molecule has 0 saturated heterocycles. The number of halogens is 3. The second kappa shape index (κ2) is 9.21. The van der Waals surface area contributed by atoms with Crippen molar-refractivity contribution in [2.24, 2.45) is 0 Å². The van der Waals surface area contributed by atoms with E-state index in [-0.39, 0.29) is 32.9 Å². The summed E-state index contributed by atoms with van der Waals surface area (Å²) in [5, 5.41) is 0.241. The van der Waals surface area contributed by atoms with E-state index in [4.69, 9.17) is 23.2 Å². The van der Waals surface area contributed by atoms with Crippen LogP contribution in [0, 0.1) is 12.7 Å². The molecule has 0 N–H and O–H groups in total. The molecule has 1 heterocycles. The average Bonchev–Trinajstić information content (AvgIpc) is 2.74. The lowest BCUT2D eigenvalue weighted by molar-refractivity contribution is 0.0600. The van der Waals surface area contributed by atoms with Crippen molar-refractivity contribution in [2.75, 3.05) is 11.4 Å². The number of benzene rings is 2. The van der Waals surface area contributed by atoms with Gasteiger partial charge in [-0.1, -0.05) is 35.3 Å². The lowest BCUT2D eigenvalue weighted by Crippen LogP contribution is -2.31. The first kappa shape index (κ1) is 23.0. The molecule has 31 heavy (non-hydrogen) atoms. The van der Waals surface area contributed by atoms with Crippen LogP contribution in [0.1, 0.15) is 21.5 Å². The van der Waals surface area contributed by atoms with E-state index in [0.717, 1.165) is 4.31 Å². The maximum absolute atomic E-state index is 14.1. The number of hydrogen-bond acceptors (Lipinski definition) is 5. The monoisotopic (exact) mass is 482 g/mol. The van der Waals surface area contributed by atoms with Crippen molar-refractivity contribution in [3.63, 3.8) is 0 Å². The molecule has 0 fully saturated rings. The van der Waals surface area contributed by atoms with E-state index in [1.165, 1.54) is 49.7 Å². The molecular weight excluding hydrogens is 466 g/mol. The minimum absolute atomic E-state index is 0.00911. The summed E-state index contributed by atoms with van der Waals surface area (Å²) >= 11 is 12.1. The van der Waals surface area contributed by atoms with Crippen molar-refractivity contribution in [2.45, 2.75) is 18.4 Å². The molecule has 10 heteroatoms. The van der Waals surface area contributed by atoms with E-state index in [1.807, 2.05) is 0 Å². The van der Waals surface area contributed by atoms with Gasteiger partial charge in [-0.2, -0.15) is 0 Å².